The van der Waals surface area contributed by atoms with Crippen molar-refractivity contribution in [2.75, 3.05) is 25.0 Å². The molecule has 0 aromatic heterocycles. The normalized spacial score (nSPS) is 21.6. The summed E-state index contributed by atoms with van der Waals surface area (Å²) in [6.45, 7) is 3.99. The lowest BCUT2D eigenvalue weighted by molar-refractivity contribution is -0.135. The lowest BCUT2D eigenvalue weighted by Gasteiger charge is -2.22. The van der Waals surface area contributed by atoms with Gasteiger partial charge in [-0.3, -0.25) is 9.59 Å². The molecule has 1 aromatic rings. The molecule has 0 radical (unpaired) electrons. The maximum Gasteiger partial charge on any atom is 0.244 e. The highest BCUT2D eigenvalue weighted by Gasteiger charge is 2.31. The third-order valence-corrected chi connectivity index (χ3v) is 4.30. The third-order valence-electron chi connectivity index (χ3n) is 4.30. The molecule has 0 saturated carbocycles. The van der Waals surface area contributed by atoms with Crippen molar-refractivity contribution < 1.29 is 9.59 Å². The highest BCUT2D eigenvalue weighted by molar-refractivity contribution is 5.92. The van der Waals surface area contributed by atoms with Crippen LogP contribution in [0.2, 0.25) is 0 Å². The Kier molecular flexibility index (Phi) is 3.82. The Morgan fingerprint density at radius 2 is 2.00 bits per heavy atom. The van der Waals surface area contributed by atoms with Crippen LogP contribution >= 0.6 is 0 Å². The predicted octanol–water partition coefficient (Wildman–Crippen LogP) is 1.32. The standard InChI is InChI=1S/C16H21N3O2/c1-11(16(21)19-8-4-5-9-19)18-15(20)13-10-17-14-7-3-2-6-12(13)14/h2-3,6-7,11,13,17H,4-5,8-10H2,1H3,(H,18,20). The molecule has 5 heteroatoms. The second-order valence-corrected chi connectivity index (χ2v) is 5.78. The SMILES string of the molecule is CC(NC(=O)C1CNc2ccccc21)C(=O)N1CCCC1. The fourth-order valence-electron chi connectivity index (χ4n) is 3.10. The van der Waals surface area contributed by atoms with Gasteiger partial charge in [0.15, 0.2) is 0 Å². The minimum atomic E-state index is -0.455. The molecule has 112 valence electrons. The van der Waals surface area contributed by atoms with Gasteiger partial charge >= 0.3 is 0 Å². The van der Waals surface area contributed by atoms with Crippen molar-refractivity contribution in [2.45, 2.75) is 31.7 Å². The Bertz CT molecular complexity index is 552. The maximum absolute atomic E-state index is 12.4. The summed E-state index contributed by atoms with van der Waals surface area (Å²) >= 11 is 0. The molecule has 2 heterocycles. The molecular formula is C16H21N3O2. The van der Waals surface area contributed by atoms with E-state index in [2.05, 4.69) is 10.6 Å². The van der Waals surface area contributed by atoms with Gasteiger partial charge in [0, 0.05) is 25.3 Å². The van der Waals surface area contributed by atoms with Crippen LogP contribution in [0.25, 0.3) is 0 Å². The number of nitrogens with one attached hydrogen (secondary N) is 2. The minimum Gasteiger partial charge on any atom is -0.384 e. The summed E-state index contributed by atoms with van der Waals surface area (Å²) in [5.41, 5.74) is 2.02. The van der Waals surface area contributed by atoms with Crippen molar-refractivity contribution in [1.29, 1.82) is 0 Å². The van der Waals surface area contributed by atoms with Crippen LogP contribution in [-0.2, 0) is 9.59 Å². The number of para-hydroxylation sites is 1. The van der Waals surface area contributed by atoms with Gasteiger partial charge in [-0.05, 0) is 31.4 Å². The topological polar surface area (TPSA) is 61.4 Å². The van der Waals surface area contributed by atoms with Crippen molar-refractivity contribution in [3.8, 4) is 0 Å². The van der Waals surface area contributed by atoms with Gasteiger partial charge in [-0.2, -0.15) is 0 Å². The lowest BCUT2D eigenvalue weighted by Crippen LogP contribution is -2.47. The van der Waals surface area contributed by atoms with Crippen LogP contribution in [0.15, 0.2) is 24.3 Å². The van der Waals surface area contributed by atoms with Gasteiger partial charge < -0.3 is 15.5 Å². The van der Waals surface area contributed by atoms with E-state index in [-0.39, 0.29) is 17.7 Å². The van der Waals surface area contributed by atoms with Crippen LogP contribution in [0.4, 0.5) is 5.69 Å². The van der Waals surface area contributed by atoms with E-state index in [0.717, 1.165) is 37.2 Å². The smallest absolute Gasteiger partial charge is 0.244 e. The molecule has 2 aliphatic rings. The number of anilines is 1. The molecule has 2 N–H and O–H groups in total. The van der Waals surface area contributed by atoms with Crippen molar-refractivity contribution >= 4 is 17.5 Å². The molecule has 0 bridgehead atoms. The Balaban J connectivity index is 1.63. The van der Waals surface area contributed by atoms with E-state index < -0.39 is 6.04 Å². The van der Waals surface area contributed by atoms with Crippen molar-refractivity contribution in [3.63, 3.8) is 0 Å². The van der Waals surface area contributed by atoms with Gasteiger partial charge in [0.05, 0.1) is 5.92 Å². The molecular weight excluding hydrogens is 266 g/mol. The lowest BCUT2D eigenvalue weighted by atomic mass is 10.0. The Morgan fingerprint density at radius 3 is 2.76 bits per heavy atom. The van der Waals surface area contributed by atoms with Crippen LogP contribution in [0.1, 0.15) is 31.2 Å². The largest absolute Gasteiger partial charge is 0.384 e. The average Bonchev–Trinajstić information content (AvgIpc) is 3.15. The Morgan fingerprint density at radius 1 is 1.29 bits per heavy atom. The molecule has 2 unspecified atom stereocenters. The number of carbonyl (C=O) groups is 2. The first-order valence-electron chi connectivity index (χ1n) is 7.59. The molecule has 0 spiro atoms. The number of likely N-dealkylation sites (tertiary alicyclic amines) is 1. The van der Waals surface area contributed by atoms with E-state index in [4.69, 9.17) is 0 Å². The first kappa shape index (κ1) is 13.9. The van der Waals surface area contributed by atoms with Crippen LogP contribution in [0, 0.1) is 0 Å². The highest BCUT2D eigenvalue weighted by atomic mass is 16.2. The van der Waals surface area contributed by atoms with Gasteiger partial charge in [-0.1, -0.05) is 18.2 Å². The minimum absolute atomic E-state index is 0.0279. The monoisotopic (exact) mass is 287 g/mol. The van der Waals surface area contributed by atoms with Crippen LogP contribution in [-0.4, -0.2) is 42.4 Å². The molecule has 5 nitrogen and oxygen atoms in total. The van der Waals surface area contributed by atoms with Gasteiger partial charge in [0.1, 0.15) is 6.04 Å². The van der Waals surface area contributed by atoms with Crippen LogP contribution < -0.4 is 10.6 Å². The third kappa shape index (κ3) is 2.73. The molecule has 2 atom stereocenters. The average molecular weight is 287 g/mol. The van der Waals surface area contributed by atoms with Gasteiger partial charge in [0.25, 0.3) is 0 Å². The highest BCUT2D eigenvalue weighted by Crippen LogP contribution is 2.31. The van der Waals surface area contributed by atoms with Crippen molar-refractivity contribution in [3.05, 3.63) is 29.8 Å². The second-order valence-electron chi connectivity index (χ2n) is 5.78. The Hall–Kier alpha value is -2.04. The number of nitrogens with zero attached hydrogens (tertiary/aromatic N) is 1. The number of amides is 2. The van der Waals surface area contributed by atoms with Gasteiger partial charge in [0.2, 0.25) is 11.8 Å². The van der Waals surface area contributed by atoms with Gasteiger partial charge in [-0.15, -0.1) is 0 Å². The summed E-state index contributed by atoms with van der Waals surface area (Å²) in [7, 11) is 0. The number of hydrogen-bond acceptors (Lipinski definition) is 3. The molecule has 2 aliphatic heterocycles. The number of benzene rings is 1. The molecule has 0 aliphatic carbocycles. The number of carbonyl (C=O) groups excluding carboxylic acids is 2. The molecule has 1 fully saturated rings. The first-order chi connectivity index (χ1) is 10.2. The van der Waals surface area contributed by atoms with E-state index in [1.807, 2.05) is 29.2 Å². The molecule has 1 saturated heterocycles. The summed E-state index contributed by atoms with van der Waals surface area (Å²) < 4.78 is 0. The second kappa shape index (κ2) is 5.76. The van der Waals surface area contributed by atoms with Crippen molar-refractivity contribution in [2.24, 2.45) is 0 Å². The zero-order valence-corrected chi connectivity index (χ0v) is 12.3. The van der Waals surface area contributed by atoms with Crippen LogP contribution in [0.3, 0.4) is 0 Å². The van der Waals surface area contributed by atoms with Gasteiger partial charge in [-0.25, -0.2) is 0 Å². The van der Waals surface area contributed by atoms with Crippen molar-refractivity contribution in [1.82, 2.24) is 10.2 Å². The van der Waals surface area contributed by atoms with Crippen LogP contribution in [0.5, 0.6) is 0 Å². The zero-order chi connectivity index (χ0) is 14.8. The zero-order valence-electron chi connectivity index (χ0n) is 12.3. The molecule has 1 aromatic carbocycles. The van der Waals surface area contributed by atoms with E-state index in [0.29, 0.717) is 6.54 Å². The molecule has 2 amide bonds. The van der Waals surface area contributed by atoms with E-state index in [1.165, 1.54) is 0 Å². The fourth-order valence-corrected chi connectivity index (χ4v) is 3.10. The number of fused-ring (bicyclic) bond motifs is 1. The predicted molar refractivity (Wildman–Crippen MR) is 81.1 cm³/mol. The first-order valence-corrected chi connectivity index (χ1v) is 7.59. The maximum atomic E-state index is 12.4. The molecule has 21 heavy (non-hydrogen) atoms. The van der Waals surface area contributed by atoms with E-state index in [9.17, 15) is 9.59 Å². The quantitative estimate of drug-likeness (QED) is 0.881. The summed E-state index contributed by atoms with van der Waals surface area (Å²) in [6.07, 6.45) is 2.12. The fraction of sp³-hybridized carbons (Fsp3) is 0.500. The van der Waals surface area contributed by atoms with E-state index in [1.54, 1.807) is 6.92 Å². The summed E-state index contributed by atoms with van der Waals surface area (Å²) in [4.78, 5) is 26.5. The summed E-state index contributed by atoms with van der Waals surface area (Å²) in [6, 6.07) is 7.37. The Labute approximate surface area is 124 Å². The summed E-state index contributed by atoms with van der Waals surface area (Å²) in [5, 5.41) is 6.10. The number of rotatable bonds is 3. The molecule has 3 rings (SSSR count). The summed E-state index contributed by atoms with van der Waals surface area (Å²) in [5.74, 6) is -0.261. The van der Waals surface area contributed by atoms with E-state index >= 15 is 0 Å². The number of hydrogen-bond donors (Lipinski definition) is 2.